The summed E-state index contributed by atoms with van der Waals surface area (Å²) in [6, 6.07) is 15.1. The maximum absolute atomic E-state index is 4.41. The van der Waals surface area contributed by atoms with Gasteiger partial charge in [0.25, 0.3) is 0 Å². The first-order chi connectivity index (χ1) is 7.93. The van der Waals surface area contributed by atoms with E-state index < -0.39 is 0 Å². The van der Waals surface area contributed by atoms with Gasteiger partial charge in [-0.2, -0.15) is 0 Å². The van der Waals surface area contributed by atoms with Gasteiger partial charge in [-0.05, 0) is 23.6 Å². The highest BCUT2D eigenvalue weighted by Gasteiger charge is 2.00. The summed E-state index contributed by atoms with van der Waals surface area (Å²) in [5, 5.41) is 2.21. The minimum atomic E-state index is 0.944. The van der Waals surface area contributed by atoms with Crippen molar-refractivity contribution in [2.75, 3.05) is 0 Å². The summed E-state index contributed by atoms with van der Waals surface area (Å²) in [4.78, 5) is 8.47. The van der Waals surface area contributed by atoms with Gasteiger partial charge in [-0.15, -0.1) is 0 Å². The second-order valence-corrected chi connectivity index (χ2v) is 3.57. The third kappa shape index (κ3) is 1.54. The van der Waals surface area contributed by atoms with Crippen molar-refractivity contribution >= 4 is 10.8 Å². The smallest absolute Gasteiger partial charge is 0.0714 e. The molecule has 0 bridgehead atoms. The first-order valence-corrected chi connectivity index (χ1v) is 5.10. The first kappa shape index (κ1) is 9.04. The third-order valence-electron chi connectivity index (χ3n) is 2.51. The largest absolute Gasteiger partial charge is 0.264 e. The molecule has 0 amide bonds. The lowest BCUT2D eigenvalue weighted by atomic mass is 10.1. The molecule has 16 heavy (non-hydrogen) atoms. The molecule has 0 unspecified atom stereocenters. The number of hydrogen-bond donors (Lipinski definition) is 0. The Labute approximate surface area is 93.6 Å². The fraction of sp³-hybridized carbons (Fsp3) is 0. The van der Waals surface area contributed by atoms with E-state index in [1.54, 1.807) is 6.20 Å². The van der Waals surface area contributed by atoms with Gasteiger partial charge in [0, 0.05) is 29.5 Å². The Morgan fingerprint density at radius 3 is 2.88 bits per heavy atom. The van der Waals surface area contributed by atoms with E-state index in [0.29, 0.717) is 0 Å². The van der Waals surface area contributed by atoms with Crippen molar-refractivity contribution in [3.8, 4) is 11.3 Å². The van der Waals surface area contributed by atoms with Crippen LogP contribution in [0.1, 0.15) is 0 Å². The van der Waals surface area contributed by atoms with Crippen molar-refractivity contribution in [3.63, 3.8) is 0 Å². The van der Waals surface area contributed by atoms with Crippen LogP contribution in [0.3, 0.4) is 0 Å². The Morgan fingerprint density at radius 2 is 2.00 bits per heavy atom. The van der Waals surface area contributed by atoms with Gasteiger partial charge in [-0.3, -0.25) is 9.97 Å². The third-order valence-corrected chi connectivity index (χ3v) is 2.51. The lowest BCUT2D eigenvalue weighted by molar-refractivity contribution is 1.32. The van der Waals surface area contributed by atoms with Crippen LogP contribution in [0.5, 0.6) is 0 Å². The normalized spacial score (nSPS) is 10.5. The van der Waals surface area contributed by atoms with Crippen LogP contribution in [0.4, 0.5) is 0 Å². The molecule has 1 radical (unpaired) electrons. The Balaban J connectivity index is 2.19. The quantitative estimate of drug-likeness (QED) is 0.610. The highest BCUT2D eigenvalue weighted by molar-refractivity contribution is 5.84. The molecule has 0 saturated carbocycles. The predicted molar refractivity (Wildman–Crippen MR) is 63.8 cm³/mol. The second-order valence-electron chi connectivity index (χ2n) is 3.57. The van der Waals surface area contributed by atoms with Crippen molar-refractivity contribution < 1.29 is 0 Å². The minimum Gasteiger partial charge on any atom is -0.264 e. The highest BCUT2D eigenvalue weighted by Crippen LogP contribution is 2.20. The molecule has 0 aliphatic carbocycles. The maximum atomic E-state index is 4.41. The number of pyridine rings is 2. The van der Waals surface area contributed by atoms with Crippen molar-refractivity contribution in [1.29, 1.82) is 0 Å². The summed E-state index contributed by atoms with van der Waals surface area (Å²) in [6.07, 6.45) is 5.46. The molecule has 2 aromatic heterocycles. The number of hydrogen-bond acceptors (Lipinski definition) is 2. The Morgan fingerprint density at radius 1 is 1.00 bits per heavy atom. The van der Waals surface area contributed by atoms with Crippen molar-refractivity contribution in [3.05, 3.63) is 61.1 Å². The molecule has 0 fully saturated rings. The van der Waals surface area contributed by atoms with Crippen LogP contribution in [0.15, 0.2) is 55.0 Å². The molecule has 0 aliphatic rings. The fourth-order valence-corrected chi connectivity index (χ4v) is 1.68. The van der Waals surface area contributed by atoms with E-state index in [4.69, 9.17) is 0 Å². The zero-order valence-corrected chi connectivity index (χ0v) is 8.59. The molecule has 0 N–H and O–H groups in total. The van der Waals surface area contributed by atoms with Crippen LogP contribution < -0.4 is 0 Å². The van der Waals surface area contributed by atoms with E-state index in [-0.39, 0.29) is 0 Å². The molecular formula is C14H9N2. The zero-order chi connectivity index (χ0) is 10.8. The average molecular weight is 205 g/mol. The van der Waals surface area contributed by atoms with Gasteiger partial charge in [-0.25, -0.2) is 0 Å². The average Bonchev–Trinajstić information content (AvgIpc) is 2.39. The van der Waals surface area contributed by atoms with Gasteiger partial charge in [0.05, 0.1) is 5.69 Å². The van der Waals surface area contributed by atoms with Gasteiger partial charge < -0.3 is 0 Å². The predicted octanol–water partition coefficient (Wildman–Crippen LogP) is 3.10. The highest BCUT2D eigenvalue weighted by atomic mass is 14.7. The summed E-state index contributed by atoms with van der Waals surface area (Å²) in [5.41, 5.74) is 1.96. The minimum absolute atomic E-state index is 0.944. The lowest BCUT2D eigenvalue weighted by Gasteiger charge is -2.01. The van der Waals surface area contributed by atoms with Crippen LogP contribution in [0.25, 0.3) is 22.0 Å². The van der Waals surface area contributed by atoms with Crippen LogP contribution in [-0.2, 0) is 0 Å². The molecule has 0 atom stereocenters. The van der Waals surface area contributed by atoms with Gasteiger partial charge in [-0.1, -0.05) is 24.3 Å². The summed E-state index contributed by atoms with van der Waals surface area (Å²) in [7, 11) is 0. The molecule has 3 aromatic rings. The Kier molecular flexibility index (Phi) is 2.11. The van der Waals surface area contributed by atoms with Crippen molar-refractivity contribution in [1.82, 2.24) is 9.97 Å². The Hall–Kier alpha value is -2.22. The van der Waals surface area contributed by atoms with E-state index >= 15 is 0 Å². The van der Waals surface area contributed by atoms with E-state index in [1.807, 2.05) is 42.7 Å². The van der Waals surface area contributed by atoms with Crippen LogP contribution in [-0.4, -0.2) is 9.97 Å². The molecule has 3 rings (SSSR count). The van der Waals surface area contributed by atoms with Crippen LogP contribution in [0.2, 0.25) is 0 Å². The number of benzene rings is 1. The SMILES string of the molecule is [c]1ccccc1-c1cc2ccncc2cn1. The fourth-order valence-electron chi connectivity index (χ4n) is 1.68. The zero-order valence-electron chi connectivity index (χ0n) is 8.59. The van der Waals surface area contributed by atoms with E-state index in [0.717, 1.165) is 22.0 Å². The van der Waals surface area contributed by atoms with Gasteiger partial charge in [0.1, 0.15) is 0 Å². The molecule has 2 heteroatoms. The molecule has 2 nitrogen and oxygen atoms in total. The standard InChI is InChI=1S/C14H9N2/c1-2-4-11(5-3-1)14-8-12-6-7-15-9-13(12)10-16-14/h1-4,6-10H. The topological polar surface area (TPSA) is 25.8 Å². The Bertz CT molecular complexity index is 618. The van der Waals surface area contributed by atoms with Crippen molar-refractivity contribution in [2.45, 2.75) is 0 Å². The van der Waals surface area contributed by atoms with E-state index in [2.05, 4.69) is 22.1 Å². The maximum Gasteiger partial charge on any atom is 0.0714 e. The molecule has 2 heterocycles. The summed E-state index contributed by atoms with van der Waals surface area (Å²) < 4.78 is 0. The monoisotopic (exact) mass is 205 g/mol. The number of rotatable bonds is 1. The summed E-state index contributed by atoms with van der Waals surface area (Å²) in [6.45, 7) is 0. The molecule has 0 aliphatic heterocycles. The summed E-state index contributed by atoms with van der Waals surface area (Å²) >= 11 is 0. The van der Waals surface area contributed by atoms with Crippen LogP contribution in [0, 0.1) is 6.07 Å². The van der Waals surface area contributed by atoms with Crippen LogP contribution >= 0.6 is 0 Å². The number of aromatic nitrogens is 2. The second kappa shape index (κ2) is 3.74. The molecule has 1 aromatic carbocycles. The molecule has 0 spiro atoms. The number of nitrogens with zero attached hydrogens (tertiary/aromatic N) is 2. The first-order valence-electron chi connectivity index (χ1n) is 5.10. The number of fused-ring (bicyclic) bond motifs is 1. The molecule has 0 saturated heterocycles. The van der Waals surface area contributed by atoms with Gasteiger partial charge in [0.15, 0.2) is 0 Å². The van der Waals surface area contributed by atoms with Crippen molar-refractivity contribution in [2.24, 2.45) is 0 Å². The van der Waals surface area contributed by atoms with Gasteiger partial charge in [0.2, 0.25) is 0 Å². The van der Waals surface area contributed by atoms with E-state index in [9.17, 15) is 0 Å². The lowest BCUT2D eigenvalue weighted by Crippen LogP contribution is -1.84. The molecular weight excluding hydrogens is 196 g/mol. The van der Waals surface area contributed by atoms with Gasteiger partial charge >= 0.3 is 0 Å². The molecule has 75 valence electrons. The summed E-state index contributed by atoms with van der Waals surface area (Å²) in [5.74, 6) is 0. The van der Waals surface area contributed by atoms with E-state index in [1.165, 1.54) is 0 Å².